The van der Waals surface area contributed by atoms with Crippen LogP contribution < -0.4 is 0 Å². The third kappa shape index (κ3) is 1.18. The van der Waals surface area contributed by atoms with E-state index in [1.165, 1.54) is 18.5 Å². The molecule has 1 aromatic carbocycles. The molecule has 0 aliphatic heterocycles. The van der Waals surface area contributed by atoms with Gasteiger partial charge in [0.15, 0.2) is 0 Å². The monoisotopic (exact) mass is 184 g/mol. The van der Waals surface area contributed by atoms with Crippen LogP contribution in [0.1, 0.15) is 30.1 Å². The molecule has 1 aromatic heterocycles. The van der Waals surface area contributed by atoms with E-state index in [0.29, 0.717) is 5.92 Å². The molecule has 0 saturated heterocycles. The SMILES string of the molecule is Cc1nc2ccccc2nc1C1CC1. The Labute approximate surface area is 83.0 Å². The predicted molar refractivity (Wildman–Crippen MR) is 56.3 cm³/mol. The fraction of sp³-hybridized carbons (Fsp3) is 0.333. The Hall–Kier alpha value is -1.44. The van der Waals surface area contributed by atoms with Gasteiger partial charge < -0.3 is 0 Å². The Morgan fingerprint density at radius 1 is 1.07 bits per heavy atom. The third-order valence-corrected chi connectivity index (χ3v) is 2.75. The van der Waals surface area contributed by atoms with E-state index in [2.05, 4.69) is 16.9 Å². The first-order valence-electron chi connectivity index (χ1n) is 5.08. The summed E-state index contributed by atoms with van der Waals surface area (Å²) in [6.07, 6.45) is 2.57. The lowest BCUT2D eigenvalue weighted by Gasteiger charge is -2.04. The lowest BCUT2D eigenvalue weighted by molar-refractivity contribution is 0.978. The highest BCUT2D eigenvalue weighted by atomic mass is 14.8. The molecule has 0 amide bonds. The second-order valence-electron chi connectivity index (χ2n) is 3.96. The van der Waals surface area contributed by atoms with Gasteiger partial charge in [0, 0.05) is 5.92 Å². The maximum Gasteiger partial charge on any atom is 0.0890 e. The molecular formula is C12H12N2. The van der Waals surface area contributed by atoms with E-state index in [9.17, 15) is 0 Å². The van der Waals surface area contributed by atoms with E-state index >= 15 is 0 Å². The minimum atomic E-state index is 0.687. The van der Waals surface area contributed by atoms with Crippen molar-refractivity contribution < 1.29 is 0 Å². The van der Waals surface area contributed by atoms with Crippen LogP contribution in [-0.4, -0.2) is 9.97 Å². The molecule has 14 heavy (non-hydrogen) atoms. The van der Waals surface area contributed by atoms with Gasteiger partial charge in [-0.25, -0.2) is 9.97 Å². The molecule has 1 fully saturated rings. The van der Waals surface area contributed by atoms with Crippen LogP contribution in [0.2, 0.25) is 0 Å². The van der Waals surface area contributed by atoms with Crippen molar-refractivity contribution >= 4 is 11.0 Å². The Morgan fingerprint density at radius 2 is 1.71 bits per heavy atom. The molecule has 0 radical (unpaired) electrons. The number of para-hydroxylation sites is 2. The average molecular weight is 184 g/mol. The van der Waals surface area contributed by atoms with Crippen molar-refractivity contribution in [3.63, 3.8) is 0 Å². The first kappa shape index (κ1) is 7.92. The molecule has 0 bridgehead atoms. The second-order valence-corrected chi connectivity index (χ2v) is 3.96. The Bertz CT molecular complexity index is 487. The number of fused-ring (bicyclic) bond motifs is 1. The highest BCUT2D eigenvalue weighted by Gasteiger charge is 2.27. The van der Waals surface area contributed by atoms with Gasteiger partial charge >= 0.3 is 0 Å². The van der Waals surface area contributed by atoms with Crippen molar-refractivity contribution in [2.24, 2.45) is 0 Å². The molecule has 0 spiro atoms. The fourth-order valence-electron chi connectivity index (χ4n) is 1.85. The summed E-state index contributed by atoms with van der Waals surface area (Å²) in [5.74, 6) is 0.687. The topological polar surface area (TPSA) is 25.8 Å². The summed E-state index contributed by atoms with van der Waals surface area (Å²) >= 11 is 0. The molecule has 1 heterocycles. The number of rotatable bonds is 1. The van der Waals surface area contributed by atoms with E-state index in [4.69, 9.17) is 0 Å². The van der Waals surface area contributed by atoms with Crippen molar-refractivity contribution in [3.8, 4) is 0 Å². The van der Waals surface area contributed by atoms with Crippen LogP contribution in [0, 0.1) is 6.92 Å². The largest absolute Gasteiger partial charge is 0.250 e. The summed E-state index contributed by atoms with van der Waals surface area (Å²) in [6, 6.07) is 8.08. The fourth-order valence-corrected chi connectivity index (χ4v) is 1.85. The first-order chi connectivity index (χ1) is 6.84. The van der Waals surface area contributed by atoms with Crippen LogP contribution in [0.5, 0.6) is 0 Å². The van der Waals surface area contributed by atoms with Gasteiger partial charge in [0.05, 0.1) is 22.4 Å². The van der Waals surface area contributed by atoms with E-state index in [1.54, 1.807) is 0 Å². The van der Waals surface area contributed by atoms with Gasteiger partial charge in [0.25, 0.3) is 0 Å². The van der Waals surface area contributed by atoms with Crippen molar-refractivity contribution in [2.75, 3.05) is 0 Å². The van der Waals surface area contributed by atoms with Gasteiger partial charge in [-0.1, -0.05) is 12.1 Å². The summed E-state index contributed by atoms with van der Waals surface area (Å²) in [7, 11) is 0. The quantitative estimate of drug-likeness (QED) is 0.681. The standard InChI is InChI=1S/C12H12N2/c1-8-12(9-6-7-9)14-11-5-3-2-4-10(11)13-8/h2-5,9H,6-7H2,1H3. The van der Waals surface area contributed by atoms with Crippen LogP contribution in [0.25, 0.3) is 11.0 Å². The van der Waals surface area contributed by atoms with Gasteiger partial charge in [0.1, 0.15) is 0 Å². The molecule has 2 heteroatoms. The predicted octanol–water partition coefficient (Wildman–Crippen LogP) is 2.82. The maximum atomic E-state index is 4.67. The molecular weight excluding hydrogens is 172 g/mol. The summed E-state index contributed by atoms with van der Waals surface area (Å²) in [5.41, 5.74) is 4.35. The number of hydrogen-bond acceptors (Lipinski definition) is 2. The normalized spacial score (nSPS) is 16.1. The zero-order valence-electron chi connectivity index (χ0n) is 8.20. The minimum Gasteiger partial charge on any atom is -0.250 e. The zero-order chi connectivity index (χ0) is 9.54. The summed E-state index contributed by atoms with van der Waals surface area (Å²) in [6.45, 7) is 2.06. The molecule has 0 unspecified atom stereocenters. The van der Waals surface area contributed by atoms with Crippen molar-refractivity contribution in [3.05, 3.63) is 35.7 Å². The molecule has 1 aliphatic carbocycles. The van der Waals surface area contributed by atoms with Gasteiger partial charge in [-0.15, -0.1) is 0 Å². The lowest BCUT2D eigenvalue weighted by atomic mass is 10.2. The Morgan fingerprint density at radius 3 is 2.36 bits per heavy atom. The number of aromatic nitrogens is 2. The highest BCUT2D eigenvalue weighted by Crippen LogP contribution is 2.40. The third-order valence-electron chi connectivity index (χ3n) is 2.75. The van der Waals surface area contributed by atoms with Crippen LogP contribution in [0.3, 0.4) is 0 Å². The van der Waals surface area contributed by atoms with Crippen molar-refractivity contribution in [1.82, 2.24) is 9.97 Å². The lowest BCUT2D eigenvalue weighted by Crippen LogP contribution is -1.96. The van der Waals surface area contributed by atoms with E-state index in [1.807, 2.05) is 24.3 Å². The van der Waals surface area contributed by atoms with Gasteiger partial charge in [-0.05, 0) is 31.9 Å². The molecule has 1 saturated carbocycles. The van der Waals surface area contributed by atoms with Crippen molar-refractivity contribution in [1.29, 1.82) is 0 Å². The highest BCUT2D eigenvalue weighted by molar-refractivity contribution is 5.74. The Kier molecular flexibility index (Phi) is 1.57. The maximum absolute atomic E-state index is 4.67. The van der Waals surface area contributed by atoms with Gasteiger partial charge in [-0.2, -0.15) is 0 Å². The smallest absolute Gasteiger partial charge is 0.0890 e. The van der Waals surface area contributed by atoms with E-state index in [-0.39, 0.29) is 0 Å². The summed E-state index contributed by atoms with van der Waals surface area (Å²) in [5, 5.41) is 0. The first-order valence-corrected chi connectivity index (χ1v) is 5.08. The van der Waals surface area contributed by atoms with Crippen LogP contribution >= 0.6 is 0 Å². The van der Waals surface area contributed by atoms with Crippen LogP contribution in [-0.2, 0) is 0 Å². The summed E-state index contributed by atoms with van der Waals surface area (Å²) in [4.78, 5) is 9.25. The number of benzene rings is 1. The van der Waals surface area contributed by atoms with Gasteiger partial charge in [-0.3, -0.25) is 0 Å². The van der Waals surface area contributed by atoms with Crippen molar-refractivity contribution in [2.45, 2.75) is 25.7 Å². The molecule has 0 atom stereocenters. The Balaban J connectivity index is 2.26. The van der Waals surface area contributed by atoms with Crippen LogP contribution in [0.15, 0.2) is 24.3 Å². The summed E-state index contributed by atoms with van der Waals surface area (Å²) < 4.78 is 0. The number of hydrogen-bond donors (Lipinski definition) is 0. The second kappa shape index (κ2) is 2.77. The zero-order valence-corrected chi connectivity index (χ0v) is 8.20. The number of nitrogens with zero attached hydrogens (tertiary/aromatic N) is 2. The van der Waals surface area contributed by atoms with Crippen LogP contribution in [0.4, 0.5) is 0 Å². The van der Waals surface area contributed by atoms with E-state index in [0.717, 1.165) is 16.7 Å². The minimum absolute atomic E-state index is 0.687. The molecule has 70 valence electrons. The molecule has 1 aliphatic rings. The molecule has 2 aromatic rings. The van der Waals surface area contributed by atoms with Gasteiger partial charge in [0.2, 0.25) is 0 Å². The molecule has 0 N–H and O–H groups in total. The molecule has 3 rings (SSSR count). The molecule has 2 nitrogen and oxygen atoms in total. The van der Waals surface area contributed by atoms with E-state index < -0.39 is 0 Å². The number of aryl methyl sites for hydroxylation is 1. The average Bonchev–Trinajstić information content (AvgIpc) is 3.00.